The number of hydrogen-bond donors (Lipinski definition) is 2. The number of rotatable bonds is 5. The van der Waals surface area contributed by atoms with Crippen LogP contribution in [0.4, 0.5) is 0 Å². The zero-order chi connectivity index (χ0) is 20.4. The lowest BCUT2D eigenvalue weighted by molar-refractivity contribution is -0.146. The Morgan fingerprint density at radius 2 is 1.59 bits per heavy atom. The lowest BCUT2D eigenvalue weighted by Gasteiger charge is -2.62. The van der Waals surface area contributed by atoms with Crippen LogP contribution in [0.5, 0.6) is 0 Å². The van der Waals surface area contributed by atoms with E-state index in [9.17, 15) is 10.2 Å². The molecule has 29 heavy (non-hydrogen) atoms. The second kappa shape index (κ2) is 7.22. The number of aliphatic hydroxyl groups excluding tert-OH is 1. The highest BCUT2D eigenvalue weighted by Gasteiger charge is 2.60. The van der Waals surface area contributed by atoms with Gasteiger partial charge in [-0.1, -0.05) is 20.3 Å². The van der Waals surface area contributed by atoms with E-state index < -0.39 is 5.60 Å². The molecule has 5 aliphatic rings. The lowest BCUT2D eigenvalue weighted by atomic mass is 9.44. The molecule has 0 aromatic carbocycles. The van der Waals surface area contributed by atoms with Gasteiger partial charge in [0.25, 0.3) is 0 Å². The van der Waals surface area contributed by atoms with Crippen molar-refractivity contribution < 1.29 is 10.2 Å². The molecule has 0 heterocycles. The summed E-state index contributed by atoms with van der Waals surface area (Å²) >= 11 is 0. The molecule has 0 saturated heterocycles. The minimum absolute atomic E-state index is 0.00511. The molecular formula is C27H46O2. The Morgan fingerprint density at radius 1 is 0.828 bits per heavy atom. The first-order valence-corrected chi connectivity index (χ1v) is 13.1. The monoisotopic (exact) mass is 402 g/mol. The van der Waals surface area contributed by atoms with Crippen LogP contribution in [0.3, 0.4) is 0 Å². The van der Waals surface area contributed by atoms with Gasteiger partial charge in [0.1, 0.15) is 0 Å². The first-order chi connectivity index (χ1) is 13.7. The highest BCUT2D eigenvalue weighted by molar-refractivity contribution is 5.10. The van der Waals surface area contributed by atoms with Crippen LogP contribution >= 0.6 is 0 Å². The molecule has 166 valence electrons. The normalized spacial score (nSPS) is 53.1. The SMILES string of the molecule is CC12CCC3C(CCC4C[C@@](C)(O)CCC43C)C1CCC2CCCC(O)C1CC1. The molecule has 0 spiro atoms. The van der Waals surface area contributed by atoms with Gasteiger partial charge in [0, 0.05) is 0 Å². The van der Waals surface area contributed by atoms with Crippen molar-refractivity contribution in [1.82, 2.24) is 0 Å². The highest BCUT2D eigenvalue weighted by Crippen LogP contribution is 2.68. The summed E-state index contributed by atoms with van der Waals surface area (Å²) in [5.41, 5.74) is 0.637. The van der Waals surface area contributed by atoms with Gasteiger partial charge in [-0.25, -0.2) is 0 Å². The Kier molecular flexibility index (Phi) is 5.18. The van der Waals surface area contributed by atoms with E-state index >= 15 is 0 Å². The highest BCUT2D eigenvalue weighted by atomic mass is 16.3. The fourth-order valence-corrected chi connectivity index (χ4v) is 9.30. The molecule has 5 aliphatic carbocycles. The fraction of sp³-hybridized carbons (Fsp3) is 1.00. The van der Waals surface area contributed by atoms with E-state index in [4.69, 9.17) is 0 Å². The van der Waals surface area contributed by atoms with E-state index in [2.05, 4.69) is 20.8 Å². The van der Waals surface area contributed by atoms with Gasteiger partial charge < -0.3 is 10.2 Å². The van der Waals surface area contributed by atoms with Crippen LogP contribution in [-0.4, -0.2) is 21.9 Å². The number of hydrogen-bond acceptors (Lipinski definition) is 2. The maximum atomic E-state index is 10.7. The third-order valence-electron chi connectivity index (χ3n) is 11.4. The predicted octanol–water partition coefficient (Wildman–Crippen LogP) is 6.34. The zero-order valence-corrected chi connectivity index (χ0v) is 19.3. The molecule has 5 saturated carbocycles. The second-order valence-corrected chi connectivity index (χ2v) is 13.0. The molecule has 0 aromatic heterocycles. The van der Waals surface area contributed by atoms with Crippen LogP contribution in [0, 0.1) is 46.3 Å². The number of aliphatic hydroxyl groups is 2. The van der Waals surface area contributed by atoms with Gasteiger partial charge in [0.05, 0.1) is 11.7 Å². The van der Waals surface area contributed by atoms with Crippen molar-refractivity contribution in [3.8, 4) is 0 Å². The molecule has 5 fully saturated rings. The molecule has 8 unspecified atom stereocenters. The van der Waals surface area contributed by atoms with Crippen LogP contribution in [0.2, 0.25) is 0 Å². The largest absolute Gasteiger partial charge is 0.393 e. The van der Waals surface area contributed by atoms with Gasteiger partial charge in [-0.3, -0.25) is 0 Å². The van der Waals surface area contributed by atoms with Crippen molar-refractivity contribution in [2.24, 2.45) is 46.3 Å². The molecule has 2 N–H and O–H groups in total. The molecule has 0 bridgehead atoms. The van der Waals surface area contributed by atoms with E-state index in [1.807, 2.05) is 0 Å². The fourth-order valence-electron chi connectivity index (χ4n) is 9.30. The predicted molar refractivity (Wildman–Crippen MR) is 118 cm³/mol. The molecule has 5 rings (SSSR count). The summed E-state index contributed by atoms with van der Waals surface area (Å²) in [6.45, 7) is 7.35. The Labute approximate surface area is 179 Å². The molecule has 0 aromatic rings. The Morgan fingerprint density at radius 3 is 2.34 bits per heavy atom. The lowest BCUT2D eigenvalue weighted by Crippen LogP contribution is -2.55. The maximum Gasteiger partial charge on any atom is 0.0622 e. The van der Waals surface area contributed by atoms with Gasteiger partial charge in [-0.15, -0.1) is 0 Å². The Bertz CT molecular complexity index is 610. The van der Waals surface area contributed by atoms with Crippen molar-refractivity contribution in [3.05, 3.63) is 0 Å². The molecule has 2 heteroatoms. The topological polar surface area (TPSA) is 40.5 Å². The quantitative estimate of drug-likeness (QED) is 0.563. The third kappa shape index (κ3) is 3.53. The molecular weight excluding hydrogens is 356 g/mol. The average Bonchev–Trinajstić information content (AvgIpc) is 3.46. The van der Waals surface area contributed by atoms with Crippen molar-refractivity contribution in [3.63, 3.8) is 0 Å². The van der Waals surface area contributed by atoms with Crippen molar-refractivity contribution >= 4 is 0 Å². The molecule has 9 atom stereocenters. The van der Waals surface area contributed by atoms with Crippen LogP contribution in [0.25, 0.3) is 0 Å². The zero-order valence-electron chi connectivity index (χ0n) is 19.3. The van der Waals surface area contributed by atoms with Crippen molar-refractivity contribution in [2.75, 3.05) is 0 Å². The molecule has 0 amide bonds. The summed E-state index contributed by atoms with van der Waals surface area (Å²) in [5.74, 6) is 5.09. The summed E-state index contributed by atoms with van der Waals surface area (Å²) in [4.78, 5) is 0. The summed E-state index contributed by atoms with van der Waals surface area (Å²) < 4.78 is 0. The smallest absolute Gasteiger partial charge is 0.0622 e. The average molecular weight is 403 g/mol. The maximum absolute atomic E-state index is 10.7. The minimum Gasteiger partial charge on any atom is -0.393 e. The van der Waals surface area contributed by atoms with E-state index in [-0.39, 0.29) is 6.10 Å². The summed E-state index contributed by atoms with van der Waals surface area (Å²) in [6, 6.07) is 0. The van der Waals surface area contributed by atoms with E-state index in [1.165, 1.54) is 70.6 Å². The van der Waals surface area contributed by atoms with Gasteiger partial charge in [-0.2, -0.15) is 0 Å². The summed E-state index contributed by atoms with van der Waals surface area (Å²) in [7, 11) is 0. The standard InChI is InChI=1S/C27H46O2/c1-25(29)15-16-27(3)20(17-25)9-11-21-22-12-10-19(26(22,2)14-13-23(21)27)5-4-6-24(28)18-7-8-18/h18-24,28-29H,4-17H2,1-3H3/t19?,20?,21?,22?,23?,24?,25-,26?,27?/m0/s1. The first kappa shape index (κ1) is 20.8. The third-order valence-corrected chi connectivity index (χ3v) is 11.4. The summed E-state index contributed by atoms with van der Waals surface area (Å²) in [5, 5.41) is 21.0. The minimum atomic E-state index is -0.413. The van der Waals surface area contributed by atoms with E-state index in [0.717, 1.165) is 48.9 Å². The van der Waals surface area contributed by atoms with Gasteiger partial charge in [0.15, 0.2) is 0 Å². The van der Waals surface area contributed by atoms with Crippen molar-refractivity contribution in [1.29, 1.82) is 0 Å². The Balaban J connectivity index is 1.25. The van der Waals surface area contributed by atoms with E-state index in [1.54, 1.807) is 0 Å². The van der Waals surface area contributed by atoms with E-state index in [0.29, 0.717) is 16.7 Å². The molecule has 0 aliphatic heterocycles. The molecule has 0 radical (unpaired) electrons. The molecule has 2 nitrogen and oxygen atoms in total. The van der Waals surface area contributed by atoms with Gasteiger partial charge in [0.2, 0.25) is 0 Å². The van der Waals surface area contributed by atoms with Gasteiger partial charge in [-0.05, 0) is 137 Å². The Hall–Kier alpha value is -0.0800. The van der Waals surface area contributed by atoms with Gasteiger partial charge >= 0.3 is 0 Å². The van der Waals surface area contributed by atoms with Crippen molar-refractivity contribution in [2.45, 2.75) is 122 Å². The van der Waals surface area contributed by atoms with Crippen LogP contribution in [-0.2, 0) is 0 Å². The second-order valence-electron chi connectivity index (χ2n) is 13.0. The summed E-state index contributed by atoms with van der Waals surface area (Å²) in [6.07, 6.45) is 18.0. The van der Waals surface area contributed by atoms with Crippen LogP contribution < -0.4 is 0 Å². The number of fused-ring (bicyclic) bond motifs is 5. The van der Waals surface area contributed by atoms with Crippen LogP contribution in [0.15, 0.2) is 0 Å². The van der Waals surface area contributed by atoms with Crippen LogP contribution in [0.1, 0.15) is 111 Å². The first-order valence-electron chi connectivity index (χ1n) is 13.1.